The number of benzene rings is 1. The molecule has 1 atom stereocenters. The summed E-state index contributed by atoms with van der Waals surface area (Å²) in [6.07, 6.45) is 5.95. The average molecular weight is 300 g/mol. The minimum Gasteiger partial charge on any atom is -0.327 e. The molecule has 0 saturated heterocycles. The Balaban J connectivity index is 1.94. The fraction of sp³-hybridized carbons (Fsp3) is 0.625. The Hall–Kier alpha value is -0.240. The molecule has 0 aromatic heterocycles. The van der Waals surface area contributed by atoms with Gasteiger partial charge < -0.3 is 5.73 Å². The first-order valence-electron chi connectivity index (χ1n) is 7.07. The summed E-state index contributed by atoms with van der Waals surface area (Å²) in [7, 11) is 0. The van der Waals surface area contributed by atoms with Gasteiger partial charge in [-0.1, -0.05) is 43.1 Å². The Kier molecular flexibility index (Phi) is 4.81. The molecule has 0 amide bonds. The molecule has 1 aromatic carbocycles. The van der Waals surface area contributed by atoms with Crippen molar-refractivity contribution in [3.05, 3.63) is 33.8 Å². The Bertz CT molecular complexity index is 432. The number of halogens is 2. The number of nitrogens with two attached hydrogens (primary N) is 1. The van der Waals surface area contributed by atoms with E-state index in [4.69, 9.17) is 28.9 Å². The summed E-state index contributed by atoms with van der Waals surface area (Å²) in [5.41, 5.74) is 8.07. The fourth-order valence-electron chi connectivity index (χ4n) is 2.96. The summed E-state index contributed by atoms with van der Waals surface area (Å²) in [6.45, 7) is 4.71. The minimum atomic E-state index is 0.230. The van der Waals surface area contributed by atoms with Crippen LogP contribution in [0.2, 0.25) is 10.0 Å². The van der Waals surface area contributed by atoms with Crippen LogP contribution in [0.25, 0.3) is 0 Å². The molecule has 1 aliphatic carbocycles. The topological polar surface area (TPSA) is 26.0 Å². The zero-order valence-corrected chi connectivity index (χ0v) is 13.3. The van der Waals surface area contributed by atoms with Crippen LogP contribution in [0.3, 0.4) is 0 Å². The molecular weight excluding hydrogens is 277 g/mol. The van der Waals surface area contributed by atoms with Crippen LogP contribution in [0.1, 0.15) is 45.1 Å². The van der Waals surface area contributed by atoms with Gasteiger partial charge in [0.2, 0.25) is 0 Å². The third kappa shape index (κ3) is 4.11. The van der Waals surface area contributed by atoms with Gasteiger partial charge in [0.05, 0.1) is 10.0 Å². The first kappa shape index (κ1) is 15.2. The SMILES string of the molecule is CC1(C)CCC(C(N)Cc2ccc(Cl)c(Cl)c2)CC1. The molecule has 1 nitrogen and oxygen atoms in total. The molecule has 106 valence electrons. The van der Waals surface area contributed by atoms with Crippen LogP contribution in [0.5, 0.6) is 0 Å². The predicted molar refractivity (Wildman–Crippen MR) is 83.9 cm³/mol. The van der Waals surface area contributed by atoms with Crippen molar-refractivity contribution < 1.29 is 0 Å². The van der Waals surface area contributed by atoms with E-state index < -0.39 is 0 Å². The van der Waals surface area contributed by atoms with E-state index in [-0.39, 0.29) is 6.04 Å². The maximum Gasteiger partial charge on any atom is 0.0595 e. The molecule has 1 saturated carbocycles. The van der Waals surface area contributed by atoms with Crippen LogP contribution < -0.4 is 5.73 Å². The van der Waals surface area contributed by atoms with Gasteiger partial charge in [-0.2, -0.15) is 0 Å². The normalized spacial score (nSPS) is 21.3. The smallest absolute Gasteiger partial charge is 0.0595 e. The van der Waals surface area contributed by atoms with Crippen LogP contribution in [0, 0.1) is 11.3 Å². The monoisotopic (exact) mass is 299 g/mol. The summed E-state index contributed by atoms with van der Waals surface area (Å²) in [4.78, 5) is 0. The second kappa shape index (κ2) is 6.03. The van der Waals surface area contributed by atoms with Gasteiger partial charge in [-0.3, -0.25) is 0 Å². The third-order valence-corrected chi connectivity index (χ3v) is 5.18. The highest BCUT2D eigenvalue weighted by atomic mass is 35.5. The molecule has 2 rings (SSSR count). The molecule has 0 spiro atoms. The van der Waals surface area contributed by atoms with Gasteiger partial charge in [-0.15, -0.1) is 0 Å². The largest absolute Gasteiger partial charge is 0.327 e. The number of hydrogen-bond acceptors (Lipinski definition) is 1. The van der Waals surface area contributed by atoms with Crippen LogP contribution in [-0.2, 0) is 6.42 Å². The van der Waals surface area contributed by atoms with Crippen LogP contribution in [-0.4, -0.2) is 6.04 Å². The van der Waals surface area contributed by atoms with E-state index in [0.717, 1.165) is 6.42 Å². The molecule has 2 N–H and O–H groups in total. The zero-order valence-electron chi connectivity index (χ0n) is 11.8. The molecule has 1 aliphatic rings. The molecule has 0 heterocycles. The van der Waals surface area contributed by atoms with E-state index in [1.807, 2.05) is 18.2 Å². The zero-order chi connectivity index (χ0) is 14.0. The summed E-state index contributed by atoms with van der Waals surface area (Å²) >= 11 is 12.0. The van der Waals surface area contributed by atoms with Crippen molar-refractivity contribution >= 4 is 23.2 Å². The Morgan fingerprint density at radius 1 is 1.21 bits per heavy atom. The van der Waals surface area contributed by atoms with Crippen molar-refractivity contribution in [1.82, 2.24) is 0 Å². The maximum atomic E-state index is 6.38. The lowest BCUT2D eigenvalue weighted by molar-refractivity contribution is 0.173. The van der Waals surface area contributed by atoms with Crippen molar-refractivity contribution in [2.24, 2.45) is 17.1 Å². The number of rotatable bonds is 3. The highest BCUT2D eigenvalue weighted by Gasteiger charge is 2.29. The summed E-state index contributed by atoms with van der Waals surface area (Å²) in [5.74, 6) is 0.641. The number of hydrogen-bond donors (Lipinski definition) is 1. The molecule has 0 radical (unpaired) electrons. The summed E-state index contributed by atoms with van der Waals surface area (Å²) < 4.78 is 0. The van der Waals surface area contributed by atoms with Crippen LogP contribution in [0.15, 0.2) is 18.2 Å². The second-order valence-electron chi connectivity index (χ2n) is 6.62. The standard InChI is InChI=1S/C16H23Cl2N/c1-16(2)7-5-12(6-8-16)15(19)10-11-3-4-13(17)14(18)9-11/h3-4,9,12,15H,5-8,10,19H2,1-2H3. The van der Waals surface area contributed by atoms with Gasteiger partial charge in [-0.25, -0.2) is 0 Å². The van der Waals surface area contributed by atoms with E-state index in [1.54, 1.807) is 0 Å². The highest BCUT2D eigenvalue weighted by molar-refractivity contribution is 6.42. The maximum absolute atomic E-state index is 6.38. The van der Waals surface area contributed by atoms with E-state index in [1.165, 1.54) is 31.2 Å². The molecule has 1 fully saturated rings. The fourth-order valence-corrected chi connectivity index (χ4v) is 3.28. The van der Waals surface area contributed by atoms with E-state index in [2.05, 4.69) is 13.8 Å². The van der Waals surface area contributed by atoms with Gasteiger partial charge in [0.25, 0.3) is 0 Å². The van der Waals surface area contributed by atoms with Crippen LogP contribution >= 0.6 is 23.2 Å². The Morgan fingerprint density at radius 3 is 2.42 bits per heavy atom. The van der Waals surface area contributed by atoms with Crippen molar-refractivity contribution in [1.29, 1.82) is 0 Å². The Labute approximate surface area is 126 Å². The average Bonchev–Trinajstić information content (AvgIpc) is 2.33. The first-order valence-corrected chi connectivity index (χ1v) is 7.82. The highest BCUT2D eigenvalue weighted by Crippen LogP contribution is 2.39. The quantitative estimate of drug-likeness (QED) is 0.827. The molecule has 0 bridgehead atoms. The molecule has 1 aromatic rings. The van der Waals surface area contributed by atoms with E-state index in [9.17, 15) is 0 Å². The summed E-state index contributed by atoms with van der Waals surface area (Å²) in [5, 5.41) is 1.23. The van der Waals surface area contributed by atoms with Gasteiger partial charge in [0, 0.05) is 6.04 Å². The lowest BCUT2D eigenvalue weighted by Gasteiger charge is -2.37. The lowest BCUT2D eigenvalue weighted by atomic mass is 9.70. The third-order valence-electron chi connectivity index (χ3n) is 4.44. The second-order valence-corrected chi connectivity index (χ2v) is 7.43. The first-order chi connectivity index (χ1) is 8.87. The van der Waals surface area contributed by atoms with Gasteiger partial charge in [-0.05, 0) is 61.1 Å². The van der Waals surface area contributed by atoms with E-state index >= 15 is 0 Å². The van der Waals surface area contributed by atoms with Crippen molar-refractivity contribution in [2.75, 3.05) is 0 Å². The van der Waals surface area contributed by atoms with Crippen molar-refractivity contribution in [3.8, 4) is 0 Å². The van der Waals surface area contributed by atoms with E-state index in [0.29, 0.717) is 21.4 Å². The van der Waals surface area contributed by atoms with Crippen molar-refractivity contribution in [2.45, 2.75) is 52.0 Å². The minimum absolute atomic E-state index is 0.230. The van der Waals surface area contributed by atoms with Crippen LogP contribution in [0.4, 0.5) is 0 Å². The van der Waals surface area contributed by atoms with Gasteiger partial charge in [0.1, 0.15) is 0 Å². The van der Waals surface area contributed by atoms with Gasteiger partial charge in [0.15, 0.2) is 0 Å². The lowest BCUT2D eigenvalue weighted by Crippen LogP contribution is -2.36. The molecular formula is C16H23Cl2N. The van der Waals surface area contributed by atoms with Crippen molar-refractivity contribution in [3.63, 3.8) is 0 Å². The predicted octanol–water partition coefficient (Wildman–Crippen LogP) is 5.08. The molecule has 3 heteroatoms. The Morgan fingerprint density at radius 2 is 1.84 bits per heavy atom. The van der Waals surface area contributed by atoms with Gasteiger partial charge >= 0.3 is 0 Å². The molecule has 19 heavy (non-hydrogen) atoms. The molecule has 0 aliphatic heterocycles. The summed E-state index contributed by atoms with van der Waals surface area (Å²) in [6, 6.07) is 6.06. The molecule has 1 unspecified atom stereocenters.